The van der Waals surface area contributed by atoms with Gasteiger partial charge in [0.1, 0.15) is 0 Å². The number of aromatic nitrogens is 3. The molecule has 2 heterocycles. The summed E-state index contributed by atoms with van der Waals surface area (Å²) in [6, 6.07) is 75.9. The Labute approximate surface area is 343 Å². The fourth-order valence-electron chi connectivity index (χ4n) is 9.73. The highest BCUT2D eigenvalue weighted by molar-refractivity contribution is 6.06. The van der Waals surface area contributed by atoms with Crippen LogP contribution in [0.4, 0.5) is 0 Å². The molecular formula is C56H35N3. The number of pyridine rings is 1. The van der Waals surface area contributed by atoms with Crippen LogP contribution in [-0.2, 0) is 5.41 Å². The van der Waals surface area contributed by atoms with Gasteiger partial charge in [0.25, 0.3) is 0 Å². The molecule has 274 valence electrons. The third-order valence-electron chi connectivity index (χ3n) is 12.3. The second kappa shape index (κ2) is 13.2. The Hall–Kier alpha value is -7.75. The van der Waals surface area contributed by atoms with Gasteiger partial charge in [0, 0.05) is 38.8 Å². The van der Waals surface area contributed by atoms with Crippen molar-refractivity contribution in [2.75, 3.05) is 0 Å². The molecular weight excluding hydrogens is 715 g/mol. The molecule has 12 rings (SSSR count). The van der Waals surface area contributed by atoms with Crippen molar-refractivity contribution in [1.82, 2.24) is 15.0 Å². The average Bonchev–Trinajstić information content (AvgIpc) is 3.79. The van der Waals surface area contributed by atoms with E-state index in [0.29, 0.717) is 5.82 Å². The molecule has 0 radical (unpaired) electrons. The molecule has 2 aromatic heterocycles. The zero-order valence-corrected chi connectivity index (χ0v) is 32.0. The highest BCUT2D eigenvalue weighted by Crippen LogP contribution is 2.64. The third-order valence-corrected chi connectivity index (χ3v) is 12.3. The molecule has 59 heavy (non-hydrogen) atoms. The number of hydrogen-bond donors (Lipinski definition) is 0. The lowest BCUT2D eigenvalue weighted by Crippen LogP contribution is -2.26. The lowest BCUT2D eigenvalue weighted by atomic mass is 9.69. The summed E-state index contributed by atoms with van der Waals surface area (Å²) in [7, 11) is 0. The maximum atomic E-state index is 5.65. The van der Waals surface area contributed by atoms with E-state index in [1.165, 1.54) is 44.3 Å². The molecule has 2 aliphatic rings. The van der Waals surface area contributed by atoms with Crippen molar-refractivity contribution >= 4 is 10.8 Å². The number of nitrogens with zero attached hydrogens (tertiary/aromatic N) is 3. The van der Waals surface area contributed by atoms with Crippen molar-refractivity contribution < 1.29 is 0 Å². The predicted molar refractivity (Wildman–Crippen MR) is 241 cm³/mol. The number of fused-ring (bicyclic) bond motifs is 12. The van der Waals surface area contributed by atoms with Crippen LogP contribution in [0.1, 0.15) is 22.3 Å². The van der Waals surface area contributed by atoms with Gasteiger partial charge < -0.3 is 0 Å². The molecule has 0 atom stereocenters. The normalized spacial score (nSPS) is 12.9. The van der Waals surface area contributed by atoms with Gasteiger partial charge in [0.05, 0.1) is 28.2 Å². The smallest absolute Gasteiger partial charge is 0.160 e. The van der Waals surface area contributed by atoms with Crippen molar-refractivity contribution in [3.63, 3.8) is 0 Å². The SMILES string of the molecule is c1ccc(-c2cc(-c3ccc(-c4ccc(-c5nc6c(c7ccccc57)C5(c7ccccc7-c7ccccc75)c5ccccc5-6)cc4)cc3)nc(-c3ccccc3)n2)cc1. The average molecular weight is 750 g/mol. The summed E-state index contributed by atoms with van der Waals surface area (Å²) in [6.45, 7) is 0. The second-order valence-corrected chi connectivity index (χ2v) is 15.5. The standard InChI is InChI=1S/C56H35N3/c1-3-15-38(16-4-1)50-35-51(58-55(57-50)41-17-5-2-6-18-41)39-31-27-36(28-32-39)37-29-33-40(34-30-37)53-45-22-8-7-21-44(45)52-54(59-53)46-23-11-14-26-49(46)56(52)47-24-12-9-19-42(47)43-20-10-13-25-48(43)56/h1-35H. The number of rotatable bonds is 5. The second-order valence-electron chi connectivity index (χ2n) is 15.5. The van der Waals surface area contributed by atoms with E-state index in [0.717, 1.165) is 61.5 Å². The molecule has 0 saturated carbocycles. The first-order valence-electron chi connectivity index (χ1n) is 20.2. The van der Waals surface area contributed by atoms with Crippen molar-refractivity contribution in [1.29, 1.82) is 0 Å². The third kappa shape index (κ3) is 5.05. The molecule has 0 fully saturated rings. The fraction of sp³-hybridized carbons (Fsp3) is 0.0179. The summed E-state index contributed by atoms with van der Waals surface area (Å²) >= 11 is 0. The number of benzene rings is 8. The monoisotopic (exact) mass is 749 g/mol. The van der Waals surface area contributed by atoms with Crippen LogP contribution in [0.5, 0.6) is 0 Å². The van der Waals surface area contributed by atoms with Gasteiger partial charge in [-0.05, 0) is 50.4 Å². The van der Waals surface area contributed by atoms with Gasteiger partial charge in [-0.15, -0.1) is 0 Å². The van der Waals surface area contributed by atoms with Crippen LogP contribution in [0.3, 0.4) is 0 Å². The molecule has 3 nitrogen and oxygen atoms in total. The van der Waals surface area contributed by atoms with Gasteiger partial charge >= 0.3 is 0 Å². The van der Waals surface area contributed by atoms with Crippen LogP contribution in [0, 0.1) is 0 Å². The Bertz CT molecular complexity index is 3140. The highest BCUT2D eigenvalue weighted by Gasteiger charge is 2.53. The molecule has 3 heteroatoms. The first-order valence-corrected chi connectivity index (χ1v) is 20.2. The summed E-state index contributed by atoms with van der Waals surface area (Å²) in [5.74, 6) is 0.714. The largest absolute Gasteiger partial charge is 0.247 e. The van der Waals surface area contributed by atoms with Gasteiger partial charge in [-0.3, -0.25) is 0 Å². The highest BCUT2D eigenvalue weighted by atomic mass is 14.9. The minimum atomic E-state index is -0.446. The van der Waals surface area contributed by atoms with Crippen LogP contribution >= 0.6 is 0 Å². The summed E-state index contributed by atoms with van der Waals surface area (Å²) in [6.07, 6.45) is 0. The molecule has 10 aromatic rings. The van der Waals surface area contributed by atoms with Gasteiger partial charge in [0.15, 0.2) is 5.82 Å². The Balaban J connectivity index is 0.945. The number of hydrogen-bond acceptors (Lipinski definition) is 3. The van der Waals surface area contributed by atoms with E-state index in [4.69, 9.17) is 15.0 Å². The van der Waals surface area contributed by atoms with E-state index in [2.05, 4.69) is 176 Å². The van der Waals surface area contributed by atoms with Gasteiger partial charge in [-0.2, -0.15) is 0 Å². The van der Waals surface area contributed by atoms with Crippen molar-refractivity contribution in [3.8, 4) is 78.7 Å². The molecule has 1 spiro atoms. The predicted octanol–water partition coefficient (Wildman–Crippen LogP) is 13.7. The van der Waals surface area contributed by atoms with E-state index in [9.17, 15) is 0 Å². The molecule has 8 aromatic carbocycles. The zero-order chi connectivity index (χ0) is 38.9. The zero-order valence-electron chi connectivity index (χ0n) is 32.0. The molecule has 0 aliphatic heterocycles. The Morgan fingerprint density at radius 3 is 1.31 bits per heavy atom. The maximum absolute atomic E-state index is 5.65. The van der Waals surface area contributed by atoms with Crippen molar-refractivity contribution in [2.45, 2.75) is 5.41 Å². The topological polar surface area (TPSA) is 38.7 Å². The molecule has 2 aliphatic carbocycles. The minimum Gasteiger partial charge on any atom is -0.247 e. The molecule has 0 unspecified atom stereocenters. The Morgan fingerprint density at radius 1 is 0.288 bits per heavy atom. The first-order chi connectivity index (χ1) is 29.3. The van der Waals surface area contributed by atoms with Gasteiger partial charge in [0.2, 0.25) is 0 Å². The fourth-order valence-corrected chi connectivity index (χ4v) is 9.73. The van der Waals surface area contributed by atoms with E-state index in [1.807, 2.05) is 36.4 Å². The molecule has 0 amide bonds. The molecule has 0 bridgehead atoms. The van der Waals surface area contributed by atoms with Crippen LogP contribution in [0.2, 0.25) is 0 Å². The lowest BCUT2D eigenvalue weighted by molar-refractivity contribution is 0.799. The Kier molecular flexibility index (Phi) is 7.45. The lowest BCUT2D eigenvalue weighted by Gasteiger charge is -2.31. The summed E-state index contributed by atoms with van der Waals surface area (Å²) < 4.78 is 0. The summed E-state index contributed by atoms with van der Waals surface area (Å²) in [5.41, 5.74) is 18.9. The van der Waals surface area contributed by atoms with Crippen LogP contribution < -0.4 is 0 Å². The van der Waals surface area contributed by atoms with E-state index in [-0.39, 0.29) is 0 Å². The van der Waals surface area contributed by atoms with E-state index >= 15 is 0 Å². The van der Waals surface area contributed by atoms with Crippen LogP contribution in [-0.4, -0.2) is 15.0 Å². The van der Waals surface area contributed by atoms with Gasteiger partial charge in [-0.25, -0.2) is 15.0 Å². The first kappa shape index (κ1) is 33.4. The Morgan fingerprint density at radius 2 is 0.712 bits per heavy atom. The quantitative estimate of drug-likeness (QED) is 0.176. The van der Waals surface area contributed by atoms with Crippen LogP contribution in [0.25, 0.3) is 89.4 Å². The van der Waals surface area contributed by atoms with E-state index in [1.54, 1.807) is 0 Å². The van der Waals surface area contributed by atoms with Crippen molar-refractivity contribution in [3.05, 3.63) is 235 Å². The molecule has 0 N–H and O–H groups in total. The molecule has 0 saturated heterocycles. The summed E-state index contributed by atoms with van der Waals surface area (Å²) in [5, 5.41) is 2.40. The maximum Gasteiger partial charge on any atom is 0.160 e. The van der Waals surface area contributed by atoms with Crippen LogP contribution in [0.15, 0.2) is 212 Å². The van der Waals surface area contributed by atoms with E-state index < -0.39 is 5.41 Å². The minimum absolute atomic E-state index is 0.446. The van der Waals surface area contributed by atoms with Crippen molar-refractivity contribution in [2.24, 2.45) is 0 Å². The summed E-state index contributed by atoms with van der Waals surface area (Å²) in [4.78, 5) is 15.7. The van der Waals surface area contributed by atoms with Gasteiger partial charge in [-0.1, -0.05) is 206 Å².